The maximum atomic E-state index is 13.0. The zero-order valence-electron chi connectivity index (χ0n) is 16.8. The van der Waals surface area contributed by atoms with Crippen LogP contribution in [0.25, 0.3) is 23.4 Å². The van der Waals surface area contributed by atoms with Crippen LogP contribution in [-0.4, -0.2) is 19.7 Å². The fourth-order valence-electron chi connectivity index (χ4n) is 3.18. The van der Waals surface area contributed by atoms with Gasteiger partial charge in [0.1, 0.15) is 5.69 Å². The molecule has 33 heavy (non-hydrogen) atoms. The van der Waals surface area contributed by atoms with Gasteiger partial charge in [0.05, 0.1) is 28.0 Å². The van der Waals surface area contributed by atoms with Crippen LogP contribution >= 0.6 is 23.2 Å². The van der Waals surface area contributed by atoms with Crippen LogP contribution in [-0.2, 0) is 12.7 Å². The molecule has 2 heterocycles. The summed E-state index contributed by atoms with van der Waals surface area (Å²) in [6.45, 7) is 0.395. The number of benzene rings is 2. The van der Waals surface area contributed by atoms with Crippen molar-refractivity contribution in [1.29, 1.82) is 0 Å². The largest absolute Gasteiger partial charge is 0.431 e. The Labute approximate surface area is 196 Å². The third-order valence-electron chi connectivity index (χ3n) is 4.67. The molecule has 0 amide bonds. The Balaban J connectivity index is 1.72. The molecular formula is C23H15Cl2F3N4O. The lowest BCUT2D eigenvalue weighted by Crippen LogP contribution is -2.19. The smallest absolute Gasteiger partial charge is 0.302 e. The molecule has 5 nitrogen and oxygen atoms in total. The lowest BCUT2D eigenvalue weighted by molar-refractivity contribution is -0.141. The van der Waals surface area contributed by atoms with E-state index in [1.807, 2.05) is 36.4 Å². The minimum atomic E-state index is -4.69. The van der Waals surface area contributed by atoms with Crippen LogP contribution in [0, 0.1) is 0 Å². The van der Waals surface area contributed by atoms with Crippen molar-refractivity contribution in [3.8, 4) is 11.3 Å². The van der Waals surface area contributed by atoms with E-state index in [1.54, 1.807) is 34.1 Å². The number of nitrogens with zero attached hydrogens (tertiary/aromatic N) is 3. The van der Waals surface area contributed by atoms with Crippen LogP contribution in [0.2, 0.25) is 10.0 Å². The number of H-pyrrole nitrogens is 1. The molecule has 2 aromatic heterocycles. The second kappa shape index (κ2) is 9.25. The van der Waals surface area contributed by atoms with E-state index in [4.69, 9.17) is 23.2 Å². The number of halogens is 5. The molecule has 168 valence electrons. The Bertz CT molecular complexity index is 1380. The first-order valence-electron chi connectivity index (χ1n) is 9.62. The van der Waals surface area contributed by atoms with E-state index in [1.165, 1.54) is 6.08 Å². The zero-order valence-corrected chi connectivity index (χ0v) is 18.3. The van der Waals surface area contributed by atoms with Crippen molar-refractivity contribution in [1.82, 2.24) is 19.7 Å². The van der Waals surface area contributed by atoms with Crippen LogP contribution in [0.3, 0.4) is 0 Å². The van der Waals surface area contributed by atoms with Gasteiger partial charge in [-0.3, -0.25) is 4.68 Å². The normalized spacial score (nSPS) is 11.9. The standard InChI is InChI=1S/C23H15Cl2F3N4O/c24-18-9-6-14(10-19(18)25)12-32-13-16(21(31-32)15-4-2-1-3-5-15)7-8-17-11-20(23(26,27)28)30-22(33)29-17/h1-11,13H,12H2,(H,29,30,33)/b8-7+. The SMILES string of the molecule is O=c1nc(/C=C/c2cn(Cc3ccc(Cl)c(Cl)c3)nc2-c2ccccc2)cc(C(F)(F)F)[nH]1. The third kappa shape index (κ3) is 5.53. The fourth-order valence-corrected chi connectivity index (χ4v) is 3.50. The number of aromatic amines is 1. The molecule has 0 saturated carbocycles. The van der Waals surface area contributed by atoms with Gasteiger partial charge in [-0.05, 0) is 35.9 Å². The van der Waals surface area contributed by atoms with Crippen molar-refractivity contribution in [2.75, 3.05) is 0 Å². The summed E-state index contributed by atoms with van der Waals surface area (Å²) >= 11 is 12.1. The van der Waals surface area contributed by atoms with Gasteiger partial charge in [-0.15, -0.1) is 0 Å². The first-order chi connectivity index (χ1) is 15.7. The lowest BCUT2D eigenvalue weighted by atomic mass is 10.1. The second-order valence-corrected chi connectivity index (χ2v) is 7.92. The van der Waals surface area contributed by atoms with E-state index >= 15 is 0 Å². The van der Waals surface area contributed by atoms with Gasteiger partial charge in [0.15, 0.2) is 0 Å². The minimum Gasteiger partial charge on any atom is -0.302 e. The van der Waals surface area contributed by atoms with Gasteiger partial charge in [0.2, 0.25) is 0 Å². The number of aromatic nitrogens is 4. The molecule has 1 N–H and O–H groups in total. The van der Waals surface area contributed by atoms with Crippen LogP contribution < -0.4 is 5.69 Å². The molecule has 0 radical (unpaired) electrons. The van der Waals surface area contributed by atoms with Crippen molar-refractivity contribution < 1.29 is 13.2 Å². The maximum Gasteiger partial charge on any atom is 0.431 e. The molecule has 2 aromatic carbocycles. The van der Waals surface area contributed by atoms with Gasteiger partial charge >= 0.3 is 11.9 Å². The number of alkyl halides is 3. The Morgan fingerprint density at radius 3 is 2.45 bits per heavy atom. The first kappa shape index (κ1) is 22.8. The van der Waals surface area contributed by atoms with E-state index in [9.17, 15) is 18.0 Å². The minimum absolute atomic E-state index is 0.123. The second-order valence-electron chi connectivity index (χ2n) is 7.10. The highest BCUT2D eigenvalue weighted by atomic mass is 35.5. The van der Waals surface area contributed by atoms with Crippen LogP contribution in [0.1, 0.15) is 22.5 Å². The van der Waals surface area contributed by atoms with Gasteiger partial charge in [-0.1, -0.05) is 59.6 Å². The summed E-state index contributed by atoms with van der Waals surface area (Å²) in [7, 11) is 0. The lowest BCUT2D eigenvalue weighted by Gasteiger charge is -2.05. The fraction of sp³-hybridized carbons (Fsp3) is 0.0870. The van der Waals surface area contributed by atoms with Crippen molar-refractivity contribution in [3.63, 3.8) is 0 Å². The highest BCUT2D eigenvalue weighted by molar-refractivity contribution is 6.42. The summed E-state index contributed by atoms with van der Waals surface area (Å²) in [4.78, 5) is 16.9. The Kier molecular flexibility index (Phi) is 6.40. The summed E-state index contributed by atoms with van der Waals surface area (Å²) in [6, 6.07) is 15.4. The molecule has 0 saturated heterocycles. The average molecular weight is 491 g/mol. The molecule has 4 rings (SSSR count). The third-order valence-corrected chi connectivity index (χ3v) is 5.41. The Morgan fingerprint density at radius 2 is 1.76 bits per heavy atom. The highest BCUT2D eigenvalue weighted by Crippen LogP contribution is 2.28. The summed E-state index contributed by atoms with van der Waals surface area (Å²) in [5.41, 5.74) is 0.573. The predicted molar refractivity (Wildman–Crippen MR) is 122 cm³/mol. The van der Waals surface area contributed by atoms with Gasteiger partial charge in [0.25, 0.3) is 0 Å². The van der Waals surface area contributed by atoms with Gasteiger partial charge in [-0.2, -0.15) is 23.3 Å². The number of rotatable bonds is 5. The predicted octanol–water partition coefficient (Wildman–Crippen LogP) is 6.18. The molecular weight excluding hydrogens is 476 g/mol. The van der Waals surface area contributed by atoms with Crippen LogP contribution in [0.4, 0.5) is 13.2 Å². The van der Waals surface area contributed by atoms with Gasteiger partial charge < -0.3 is 4.98 Å². The number of nitrogens with one attached hydrogen (secondary N) is 1. The van der Waals surface area contributed by atoms with Gasteiger partial charge in [-0.25, -0.2) is 4.79 Å². The van der Waals surface area contributed by atoms with E-state index in [-0.39, 0.29) is 5.69 Å². The summed E-state index contributed by atoms with van der Waals surface area (Å²) in [6.07, 6.45) is -0.0240. The Morgan fingerprint density at radius 1 is 1.00 bits per heavy atom. The van der Waals surface area contributed by atoms with Crippen molar-refractivity contribution in [2.24, 2.45) is 0 Å². The topological polar surface area (TPSA) is 63.6 Å². The monoisotopic (exact) mass is 490 g/mol. The first-order valence-corrected chi connectivity index (χ1v) is 10.4. The number of hydrogen-bond acceptors (Lipinski definition) is 3. The molecule has 10 heteroatoms. The van der Waals surface area contributed by atoms with E-state index in [2.05, 4.69) is 10.1 Å². The average Bonchev–Trinajstić information content (AvgIpc) is 3.17. The zero-order chi connectivity index (χ0) is 23.6. The quantitative estimate of drug-likeness (QED) is 0.363. The number of hydrogen-bond donors (Lipinski definition) is 1. The van der Waals surface area contributed by atoms with E-state index in [0.29, 0.717) is 27.8 Å². The van der Waals surface area contributed by atoms with E-state index in [0.717, 1.165) is 17.2 Å². The van der Waals surface area contributed by atoms with Crippen molar-refractivity contribution >= 4 is 35.4 Å². The molecule has 0 aliphatic heterocycles. The summed E-state index contributed by atoms with van der Waals surface area (Å²) in [5.74, 6) is 0. The van der Waals surface area contributed by atoms with Crippen LogP contribution in [0.15, 0.2) is 65.6 Å². The molecule has 4 aromatic rings. The van der Waals surface area contributed by atoms with Gasteiger partial charge in [0, 0.05) is 17.3 Å². The highest BCUT2D eigenvalue weighted by Gasteiger charge is 2.32. The van der Waals surface area contributed by atoms with Crippen molar-refractivity contribution in [2.45, 2.75) is 12.7 Å². The molecule has 0 bridgehead atoms. The molecule has 0 fully saturated rings. The van der Waals surface area contributed by atoms with E-state index < -0.39 is 17.6 Å². The Hall–Kier alpha value is -3.36. The maximum absolute atomic E-state index is 13.0. The summed E-state index contributed by atoms with van der Waals surface area (Å²) < 4.78 is 40.7. The molecule has 0 aliphatic carbocycles. The summed E-state index contributed by atoms with van der Waals surface area (Å²) in [5, 5.41) is 5.50. The molecule has 0 aliphatic rings. The van der Waals surface area contributed by atoms with Crippen molar-refractivity contribution in [3.05, 3.63) is 104 Å². The molecule has 0 unspecified atom stereocenters. The molecule has 0 atom stereocenters. The van der Waals surface area contributed by atoms with Crippen LogP contribution in [0.5, 0.6) is 0 Å². The molecule has 0 spiro atoms.